The molecule has 0 radical (unpaired) electrons. The van der Waals surface area contributed by atoms with Crippen molar-refractivity contribution in [2.75, 3.05) is 6.61 Å². The van der Waals surface area contributed by atoms with E-state index >= 15 is 4.39 Å². The molecular formula is C24H14ClF3N4O3S. The molecule has 0 saturated heterocycles. The fourth-order valence-electron chi connectivity index (χ4n) is 3.59. The minimum atomic E-state index is -0.982. The number of pyridine rings is 2. The summed E-state index contributed by atoms with van der Waals surface area (Å²) in [5.74, 6) is -3.65. The van der Waals surface area contributed by atoms with E-state index in [9.17, 15) is 18.4 Å². The molecule has 7 nitrogen and oxygen atoms in total. The molecule has 12 heteroatoms. The number of nitrogens with zero attached hydrogens (tertiary/aromatic N) is 3. The SMILES string of the molecule is CCOC(=O)c1cn(-c2ccc(F)cc2F)c2nc(Sc3nc4ccc(Cl)cc4[nH]3)c(F)cc2c1=O. The molecule has 0 bridgehead atoms. The average Bonchev–Trinajstić information content (AvgIpc) is 3.22. The molecule has 0 aliphatic rings. The molecule has 0 spiro atoms. The Morgan fingerprint density at radius 1 is 1.11 bits per heavy atom. The van der Waals surface area contributed by atoms with Crippen molar-refractivity contribution >= 4 is 51.4 Å². The molecule has 0 unspecified atom stereocenters. The molecule has 0 amide bonds. The van der Waals surface area contributed by atoms with Gasteiger partial charge in [-0.05, 0) is 55.1 Å². The number of H-pyrrole nitrogens is 1. The summed E-state index contributed by atoms with van der Waals surface area (Å²) in [6.45, 7) is 1.53. The molecule has 2 aromatic carbocycles. The molecule has 182 valence electrons. The van der Waals surface area contributed by atoms with Gasteiger partial charge in [0.15, 0.2) is 11.0 Å². The van der Waals surface area contributed by atoms with Crippen LogP contribution in [-0.2, 0) is 4.74 Å². The molecule has 1 N–H and O–H groups in total. The van der Waals surface area contributed by atoms with Crippen molar-refractivity contribution in [1.29, 1.82) is 0 Å². The fourth-order valence-corrected chi connectivity index (χ4v) is 4.54. The van der Waals surface area contributed by atoms with E-state index in [4.69, 9.17) is 16.3 Å². The van der Waals surface area contributed by atoms with Crippen LogP contribution in [0.3, 0.4) is 0 Å². The van der Waals surface area contributed by atoms with Crippen LogP contribution in [0.5, 0.6) is 0 Å². The van der Waals surface area contributed by atoms with Crippen LogP contribution in [0.1, 0.15) is 17.3 Å². The second-order valence-electron chi connectivity index (χ2n) is 7.51. The van der Waals surface area contributed by atoms with Gasteiger partial charge in [-0.2, -0.15) is 0 Å². The maximum atomic E-state index is 15.1. The van der Waals surface area contributed by atoms with Gasteiger partial charge < -0.3 is 9.72 Å². The molecule has 0 aliphatic carbocycles. The summed E-state index contributed by atoms with van der Waals surface area (Å²) in [5.41, 5.74) is -0.447. The summed E-state index contributed by atoms with van der Waals surface area (Å²) in [4.78, 5) is 37.0. The highest BCUT2D eigenvalue weighted by molar-refractivity contribution is 7.99. The summed E-state index contributed by atoms with van der Waals surface area (Å²) in [6.07, 6.45) is 1.04. The van der Waals surface area contributed by atoms with Crippen LogP contribution in [0.2, 0.25) is 5.02 Å². The van der Waals surface area contributed by atoms with Gasteiger partial charge in [-0.3, -0.25) is 9.36 Å². The summed E-state index contributed by atoms with van der Waals surface area (Å²) in [6, 6.07) is 8.67. The van der Waals surface area contributed by atoms with Crippen molar-refractivity contribution in [3.05, 3.63) is 86.9 Å². The van der Waals surface area contributed by atoms with Crippen LogP contribution in [-0.4, -0.2) is 32.1 Å². The number of esters is 1. The van der Waals surface area contributed by atoms with Gasteiger partial charge in [-0.15, -0.1) is 0 Å². The van der Waals surface area contributed by atoms with E-state index in [0.717, 1.165) is 40.7 Å². The van der Waals surface area contributed by atoms with E-state index in [0.29, 0.717) is 27.3 Å². The smallest absolute Gasteiger partial charge is 0.343 e. The zero-order valence-electron chi connectivity index (χ0n) is 18.3. The van der Waals surface area contributed by atoms with E-state index in [1.54, 1.807) is 25.1 Å². The Balaban J connectivity index is 1.72. The lowest BCUT2D eigenvalue weighted by Gasteiger charge is -2.14. The largest absolute Gasteiger partial charge is 0.462 e. The molecule has 0 atom stereocenters. The minimum Gasteiger partial charge on any atom is -0.462 e. The van der Waals surface area contributed by atoms with E-state index < -0.39 is 34.4 Å². The number of aromatic nitrogens is 4. The van der Waals surface area contributed by atoms with E-state index in [-0.39, 0.29) is 28.4 Å². The van der Waals surface area contributed by atoms with Gasteiger partial charge in [0.2, 0.25) is 5.43 Å². The Hall–Kier alpha value is -3.83. The Kier molecular flexibility index (Phi) is 6.19. The van der Waals surface area contributed by atoms with Gasteiger partial charge in [0, 0.05) is 17.3 Å². The number of hydrogen-bond donors (Lipinski definition) is 1. The van der Waals surface area contributed by atoms with Gasteiger partial charge in [0.25, 0.3) is 0 Å². The highest BCUT2D eigenvalue weighted by Gasteiger charge is 2.22. The summed E-state index contributed by atoms with van der Waals surface area (Å²) in [7, 11) is 0. The fraction of sp³-hybridized carbons (Fsp3) is 0.0833. The Bertz CT molecular complexity index is 1740. The standard InChI is InChI=1S/C24H14ClF3N4O3S/c1-2-35-23(34)14-10-32(19-6-4-12(26)8-15(19)27)21-13(20(14)33)9-16(28)22(31-21)36-24-29-17-5-3-11(25)7-18(17)30-24/h3-10H,2H2,1H3,(H,29,30). The first-order valence-corrected chi connectivity index (χ1v) is 11.7. The minimum absolute atomic E-state index is 0.0217. The van der Waals surface area contributed by atoms with Gasteiger partial charge in [0.1, 0.15) is 27.9 Å². The van der Waals surface area contributed by atoms with Crippen molar-refractivity contribution in [1.82, 2.24) is 19.5 Å². The lowest BCUT2D eigenvalue weighted by atomic mass is 10.1. The highest BCUT2D eigenvalue weighted by atomic mass is 35.5. The Morgan fingerprint density at radius 2 is 1.92 bits per heavy atom. The molecule has 5 aromatic rings. The monoisotopic (exact) mass is 530 g/mol. The van der Waals surface area contributed by atoms with Gasteiger partial charge >= 0.3 is 5.97 Å². The van der Waals surface area contributed by atoms with E-state index in [2.05, 4.69) is 15.0 Å². The third-order valence-corrected chi connectivity index (χ3v) is 6.28. The number of carbonyl (C=O) groups is 1. The zero-order valence-corrected chi connectivity index (χ0v) is 19.9. The van der Waals surface area contributed by atoms with Crippen LogP contribution in [0, 0.1) is 17.5 Å². The van der Waals surface area contributed by atoms with Crippen LogP contribution < -0.4 is 5.43 Å². The molecular weight excluding hydrogens is 517 g/mol. The molecule has 3 heterocycles. The number of rotatable bonds is 5. The molecule has 0 aliphatic heterocycles. The van der Waals surface area contributed by atoms with Crippen LogP contribution in [0.25, 0.3) is 27.8 Å². The van der Waals surface area contributed by atoms with E-state index in [1.807, 2.05) is 0 Å². The lowest BCUT2D eigenvalue weighted by Crippen LogP contribution is -2.21. The highest BCUT2D eigenvalue weighted by Crippen LogP contribution is 2.31. The van der Waals surface area contributed by atoms with Crippen LogP contribution >= 0.6 is 23.4 Å². The third-order valence-electron chi connectivity index (χ3n) is 5.18. The quantitative estimate of drug-likeness (QED) is 0.295. The number of halogens is 4. The molecule has 0 saturated carbocycles. The predicted molar refractivity (Wildman–Crippen MR) is 128 cm³/mol. The first-order valence-electron chi connectivity index (χ1n) is 10.5. The molecule has 3 aromatic heterocycles. The van der Waals surface area contributed by atoms with Crippen molar-refractivity contribution in [2.45, 2.75) is 17.1 Å². The Labute approximate surface area is 209 Å². The normalized spacial score (nSPS) is 11.4. The molecule has 0 fully saturated rings. The summed E-state index contributed by atoms with van der Waals surface area (Å²) < 4.78 is 49.4. The lowest BCUT2D eigenvalue weighted by molar-refractivity contribution is 0.0524. The summed E-state index contributed by atoms with van der Waals surface area (Å²) in [5, 5.41) is 0.318. The summed E-state index contributed by atoms with van der Waals surface area (Å²) >= 11 is 6.84. The second-order valence-corrected chi connectivity index (χ2v) is 8.92. The van der Waals surface area contributed by atoms with Crippen molar-refractivity contribution < 1.29 is 22.7 Å². The van der Waals surface area contributed by atoms with Crippen molar-refractivity contribution in [2.24, 2.45) is 0 Å². The number of hydrogen-bond acceptors (Lipinski definition) is 6. The second kappa shape index (κ2) is 9.32. The first-order chi connectivity index (χ1) is 17.2. The first kappa shape index (κ1) is 23.9. The molecule has 5 rings (SSSR count). The zero-order chi connectivity index (χ0) is 25.6. The molecule has 36 heavy (non-hydrogen) atoms. The predicted octanol–water partition coefficient (Wildman–Crippen LogP) is 5.66. The number of ether oxygens (including phenoxy) is 1. The Morgan fingerprint density at radius 3 is 2.67 bits per heavy atom. The van der Waals surface area contributed by atoms with Crippen LogP contribution in [0.4, 0.5) is 13.2 Å². The van der Waals surface area contributed by atoms with Gasteiger partial charge in [0.05, 0.1) is 28.7 Å². The number of benzene rings is 2. The number of carbonyl (C=O) groups excluding carboxylic acids is 1. The number of nitrogens with one attached hydrogen (secondary N) is 1. The maximum Gasteiger partial charge on any atom is 0.343 e. The third kappa shape index (κ3) is 4.31. The van der Waals surface area contributed by atoms with Crippen molar-refractivity contribution in [3.8, 4) is 5.69 Å². The van der Waals surface area contributed by atoms with E-state index in [1.165, 1.54) is 0 Å². The van der Waals surface area contributed by atoms with Gasteiger partial charge in [-0.1, -0.05) is 11.6 Å². The maximum absolute atomic E-state index is 15.1. The number of aromatic amines is 1. The van der Waals surface area contributed by atoms with Crippen LogP contribution in [0.15, 0.2) is 63.6 Å². The topological polar surface area (TPSA) is 89.9 Å². The van der Waals surface area contributed by atoms with Gasteiger partial charge in [-0.25, -0.2) is 27.9 Å². The number of fused-ring (bicyclic) bond motifs is 2. The average molecular weight is 531 g/mol. The van der Waals surface area contributed by atoms with Crippen molar-refractivity contribution in [3.63, 3.8) is 0 Å². The number of imidazole rings is 1.